The van der Waals surface area contributed by atoms with Gasteiger partial charge in [0.05, 0.1) is 12.0 Å². The van der Waals surface area contributed by atoms with E-state index >= 15 is 0 Å². The number of hydrogen-bond acceptors (Lipinski definition) is 2. The van der Waals surface area contributed by atoms with Gasteiger partial charge in [-0.1, -0.05) is 0 Å². The fourth-order valence-electron chi connectivity index (χ4n) is 2.03. The van der Waals surface area contributed by atoms with Crippen LogP contribution >= 0.6 is 0 Å². The zero-order valence-corrected chi connectivity index (χ0v) is 8.07. The van der Waals surface area contributed by atoms with Crippen molar-refractivity contribution >= 4 is 0 Å². The summed E-state index contributed by atoms with van der Waals surface area (Å²) in [5.74, 6) is 0.495. The number of nitrogens with one attached hydrogen (secondary N) is 1. The van der Waals surface area contributed by atoms with Crippen molar-refractivity contribution in [3.63, 3.8) is 0 Å². The second kappa shape index (κ2) is 4.30. The molecule has 1 fully saturated rings. The lowest BCUT2D eigenvalue weighted by Gasteiger charge is -2.25. The summed E-state index contributed by atoms with van der Waals surface area (Å²) >= 11 is 0. The van der Waals surface area contributed by atoms with E-state index in [2.05, 4.69) is 11.1 Å². The van der Waals surface area contributed by atoms with E-state index in [0.717, 1.165) is 31.6 Å². The Kier molecular flexibility index (Phi) is 2.85. The second-order valence-electron chi connectivity index (χ2n) is 3.70. The van der Waals surface area contributed by atoms with Gasteiger partial charge >= 0.3 is 0 Å². The van der Waals surface area contributed by atoms with Crippen molar-refractivity contribution in [2.24, 2.45) is 5.92 Å². The van der Waals surface area contributed by atoms with Crippen molar-refractivity contribution in [3.05, 3.63) is 24.0 Å². The van der Waals surface area contributed by atoms with Gasteiger partial charge in [-0.2, -0.15) is 5.26 Å². The summed E-state index contributed by atoms with van der Waals surface area (Å²) in [4.78, 5) is 3.00. The number of rotatable bonds is 2. The molecule has 14 heavy (non-hydrogen) atoms. The van der Waals surface area contributed by atoms with Crippen molar-refractivity contribution in [2.75, 3.05) is 13.2 Å². The van der Waals surface area contributed by atoms with Crippen LogP contribution in [0.15, 0.2) is 18.5 Å². The van der Waals surface area contributed by atoms with Gasteiger partial charge in [-0.15, -0.1) is 0 Å². The highest BCUT2D eigenvalue weighted by Crippen LogP contribution is 2.31. The fourth-order valence-corrected chi connectivity index (χ4v) is 2.03. The molecule has 74 valence electrons. The van der Waals surface area contributed by atoms with Crippen molar-refractivity contribution < 1.29 is 4.74 Å². The summed E-state index contributed by atoms with van der Waals surface area (Å²) in [6.07, 6.45) is 5.80. The predicted molar refractivity (Wildman–Crippen MR) is 52.7 cm³/mol. The van der Waals surface area contributed by atoms with Gasteiger partial charge in [-0.05, 0) is 30.4 Å². The largest absolute Gasteiger partial charge is 0.381 e. The molecule has 1 aromatic heterocycles. The standard InChI is InChI=1S/C11H14N2O/c12-7-11(10-1-4-13-8-10)9-2-5-14-6-3-9/h1,4,8-9,11,13H,2-3,5-6H2. The minimum Gasteiger partial charge on any atom is -0.381 e. The van der Waals surface area contributed by atoms with Gasteiger partial charge in [0, 0.05) is 25.6 Å². The molecule has 1 atom stereocenters. The van der Waals surface area contributed by atoms with E-state index in [4.69, 9.17) is 10.00 Å². The lowest BCUT2D eigenvalue weighted by Crippen LogP contribution is -2.21. The molecule has 3 heteroatoms. The van der Waals surface area contributed by atoms with Gasteiger partial charge in [0.1, 0.15) is 0 Å². The van der Waals surface area contributed by atoms with E-state index in [1.165, 1.54) is 0 Å². The summed E-state index contributed by atoms with van der Waals surface area (Å²) in [7, 11) is 0. The topological polar surface area (TPSA) is 48.8 Å². The number of aromatic amines is 1. The minimum absolute atomic E-state index is 0.0325. The van der Waals surface area contributed by atoms with E-state index in [1.54, 1.807) is 0 Å². The summed E-state index contributed by atoms with van der Waals surface area (Å²) in [6.45, 7) is 1.60. The average molecular weight is 190 g/mol. The van der Waals surface area contributed by atoms with Gasteiger partial charge in [-0.25, -0.2) is 0 Å². The zero-order chi connectivity index (χ0) is 9.80. The van der Waals surface area contributed by atoms with Gasteiger partial charge < -0.3 is 9.72 Å². The van der Waals surface area contributed by atoms with Gasteiger partial charge in [0.2, 0.25) is 0 Å². The maximum Gasteiger partial charge on any atom is 0.0757 e. The molecular weight excluding hydrogens is 176 g/mol. The molecule has 1 aliphatic rings. The number of hydrogen-bond donors (Lipinski definition) is 1. The van der Waals surface area contributed by atoms with Crippen molar-refractivity contribution in [1.29, 1.82) is 5.26 Å². The number of nitriles is 1. The quantitative estimate of drug-likeness (QED) is 0.775. The maximum absolute atomic E-state index is 9.15. The molecule has 1 unspecified atom stereocenters. The van der Waals surface area contributed by atoms with Crippen molar-refractivity contribution in [3.8, 4) is 6.07 Å². The first kappa shape index (κ1) is 9.29. The summed E-state index contributed by atoms with van der Waals surface area (Å²) in [6, 6.07) is 4.39. The SMILES string of the molecule is N#CC(c1cc[nH]c1)C1CCOCC1. The first-order chi connectivity index (χ1) is 6.92. The molecule has 0 radical (unpaired) electrons. The van der Waals surface area contributed by atoms with Crippen molar-refractivity contribution in [2.45, 2.75) is 18.8 Å². The second-order valence-corrected chi connectivity index (χ2v) is 3.70. The Bertz CT molecular complexity index is 307. The monoisotopic (exact) mass is 190 g/mol. The fraction of sp³-hybridized carbons (Fsp3) is 0.545. The summed E-state index contributed by atoms with van der Waals surface area (Å²) in [5.41, 5.74) is 1.11. The van der Waals surface area contributed by atoms with Crippen LogP contribution in [0, 0.1) is 17.2 Å². The van der Waals surface area contributed by atoms with Crippen LogP contribution in [0.4, 0.5) is 0 Å². The average Bonchev–Trinajstić information content (AvgIpc) is 2.74. The molecule has 2 heterocycles. The normalized spacial score (nSPS) is 20.2. The van der Waals surface area contributed by atoms with Crippen LogP contribution in [-0.4, -0.2) is 18.2 Å². The molecule has 2 rings (SSSR count). The summed E-state index contributed by atoms with van der Waals surface area (Å²) < 4.78 is 5.29. The molecule has 1 saturated heterocycles. The molecule has 3 nitrogen and oxygen atoms in total. The summed E-state index contributed by atoms with van der Waals surface area (Å²) in [5, 5.41) is 9.15. The smallest absolute Gasteiger partial charge is 0.0757 e. The molecule has 0 amide bonds. The molecule has 1 aliphatic heterocycles. The molecule has 0 saturated carbocycles. The van der Waals surface area contributed by atoms with Crippen LogP contribution in [0.3, 0.4) is 0 Å². The maximum atomic E-state index is 9.15. The van der Waals surface area contributed by atoms with Crippen LogP contribution in [0.25, 0.3) is 0 Å². The van der Waals surface area contributed by atoms with Crippen LogP contribution in [0.1, 0.15) is 24.3 Å². The minimum atomic E-state index is 0.0325. The highest BCUT2D eigenvalue weighted by atomic mass is 16.5. The Hall–Kier alpha value is -1.27. The molecule has 1 aromatic rings. The van der Waals surface area contributed by atoms with Crippen LogP contribution in [0.5, 0.6) is 0 Å². The number of ether oxygens (including phenoxy) is 1. The Morgan fingerprint density at radius 3 is 2.86 bits per heavy atom. The highest BCUT2D eigenvalue weighted by Gasteiger charge is 2.25. The van der Waals surface area contributed by atoms with Crippen LogP contribution in [0.2, 0.25) is 0 Å². The Morgan fingerprint density at radius 1 is 1.50 bits per heavy atom. The number of H-pyrrole nitrogens is 1. The lowest BCUT2D eigenvalue weighted by molar-refractivity contribution is 0.0629. The first-order valence-electron chi connectivity index (χ1n) is 5.02. The third-order valence-corrected chi connectivity index (χ3v) is 2.86. The van der Waals surface area contributed by atoms with E-state index in [0.29, 0.717) is 5.92 Å². The van der Waals surface area contributed by atoms with Gasteiger partial charge in [-0.3, -0.25) is 0 Å². The molecule has 0 aromatic carbocycles. The molecular formula is C11H14N2O. The molecule has 0 spiro atoms. The van der Waals surface area contributed by atoms with E-state index < -0.39 is 0 Å². The van der Waals surface area contributed by atoms with Crippen LogP contribution < -0.4 is 0 Å². The third-order valence-electron chi connectivity index (χ3n) is 2.86. The third kappa shape index (κ3) is 1.80. The lowest BCUT2D eigenvalue weighted by atomic mass is 9.83. The van der Waals surface area contributed by atoms with E-state index in [-0.39, 0.29) is 5.92 Å². The van der Waals surface area contributed by atoms with E-state index in [1.807, 2.05) is 18.5 Å². The Labute approximate surface area is 83.7 Å². The highest BCUT2D eigenvalue weighted by molar-refractivity contribution is 5.22. The molecule has 0 bridgehead atoms. The van der Waals surface area contributed by atoms with Crippen LogP contribution in [-0.2, 0) is 4.74 Å². The molecule has 0 aliphatic carbocycles. The Morgan fingerprint density at radius 2 is 2.29 bits per heavy atom. The predicted octanol–water partition coefficient (Wildman–Crippen LogP) is 2.05. The number of nitrogens with zero attached hydrogens (tertiary/aromatic N) is 1. The van der Waals surface area contributed by atoms with Gasteiger partial charge in [0.15, 0.2) is 0 Å². The Balaban J connectivity index is 2.09. The molecule has 1 N–H and O–H groups in total. The first-order valence-corrected chi connectivity index (χ1v) is 5.02. The zero-order valence-electron chi connectivity index (χ0n) is 8.07. The van der Waals surface area contributed by atoms with Crippen molar-refractivity contribution in [1.82, 2.24) is 4.98 Å². The number of aromatic nitrogens is 1. The van der Waals surface area contributed by atoms with E-state index in [9.17, 15) is 0 Å². The van der Waals surface area contributed by atoms with Gasteiger partial charge in [0.25, 0.3) is 0 Å².